The van der Waals surface area contributed by atoms with Gasteiger partial charge in [-0.05, 0) is 23.8 Å². The zero-order valence-corrected chi connectivity index (χ0v) is 10.8. The summed E-state index contributed by atoms with van der Waals surface area (Å²) in [7, 11) is 0. The van der Waals surface area contributed by atoms with E-state index in [9.17, 15) is 22.7 Å². The molecule has 0 saturated carbocycles. The van der Waals surface area contributed by atoms with Crippen LogP contribution < -0.4 is 0 Å². The molecule has 2 aromatic rings. The third-order valence-corrected chi connectivity index (χ3v) is 3.13. The van der Waals surface area contributed by atoms with E-state index in [4.69, 9.17) is 11.6 Å². The van der Waals surface area contributed by atoms with Gasteiger partial charge in [-0.1, -0.05) is 23.7 Å². The summed E-state index contributed by atoms with van der Waals surface area (Å²) >= 11 is 5.39. The van der Waals surface area contributed by atoms with Crippen LogP contribution >= 0.6 is 11.6 Å². The van der Waals surface area contributed by atoms with Crippen LogP contribution in [0.25, 0.3) is 0 Å². The molecule has 0 fully saturated rings. The fourth-order valence-corrected chi connectivity index (χ4v) is 1.97. The second kappa shape index (κ2) is 5.81. The summed E-state index contributed by atoms with van der Waals surface area (Å²) in [5, 5.41) is 9.43. The SMILES string of the molecule is OC(Cc1cccc(F)c1F)c1cc(F)c(Cl)cc1F. The lowest BCUT2D eigenvalue weighted by Gasteiger charge is -2.13. The predicted octanol–water partition coefficient (Wildman–Crippen LogP) is 4.17. The number of hydrogen-bond donors (Lipinski definition) is 1. The number of hydrogen-bond acceptors (Lipinski definition) is 1. The molecule has 0 aromatic heterocycles. The molecular weight excluding hydrogens is 296 g/mol. The Labute approximate surface area is 117 Å². The smallest absolute Gasteiger partial charge is 0.162 e. The minimum atomic E-state index is -1.52. The average Bonchev–Trinajstić information content (AvgIpc) is 2.39. The van der Waals surface area contributed by atoms with Gasteiger partial charge >= 0.3 is 0 Å². The molecule has 1 atom stereocenters. The zero-order valence-electron chi connectivity index (χ0n) is 10.0. The second-order valence-corrected chi connectivity index (χ2v) is 4.63. The molecule has 2 aromatic carbocycles. The Balaban J connectivity index is 2.31. The van der Waals surface area contributed by atoms with Crippen LogP contribution in [-0.4, -0.2) is 5.11 Å². The molecule has 20 heavy (non-hydrogen) atoms. The molecular formula is C14H9ClF4O. The van der Waals surface area contributed by atoms with Gasteiger partial charge in [0, 0.05) is 12.0 Å². The van der Waals surface area contributed by atoms with Crippen molar-refractivity contribution in [2.45, 2.75) is 12.5 Å². The molecule has 0 aliphatic heterocycles. The standard InChI is InChI=1S/C14H9ClF4O/c15-9-6-11(17)8(5-12(9)18)13(20)4-7-2-1-3-10(16)14(7)19/h1-3,5-6,13,20H,4H2. The van der Waals surface area contributed by atoms with Crippen molar-refractivity contribution < 1.29 is 22.7 Å². The summed E-state index contributed by atoms with van der Waals surface area (Å²) in [5.74, 6) is -4.01. The molecule has 0 aliphatic rings. The largest absolute Gasteiger partial charge is 0.388 e. The lowest BCUT2D eigenvalue weighted by molar-refractivity contribution is 0.171. The maximum absolute atomic E-state index is 13.6. The van der Waals surface area contributed by atoms with Gasteiger partial charge in [0.25, 0.3) is 0 Å². The molecule has 1 unspecified atom stereocenters. The summed E-state index contributed by atoms with van der Waals surface area (Å²) in [6.07, 6.45) is -1.90. The van der Waals surface area contributed by atoms with Crippen LogP contribution in [-0.2, 0) is 6.42 Å². The first kappa shape index (κ1) is 14.8. The van der Waals surface area contributed by atoms with Crippen LogP contribution in [0.3, 0.4) is 0 Å². The van der Waals surface area contributed by atoms with Crippen molar-refractivity contribution in [3.63, 3.8) is 0 Å². The van der Waals surface area contributed by atoms with Crippen molar-refractivity contribution >= 4 is 11.6 Å². The van der Waals surface area contributed by atoms with Crippen LogP contribution in [0.4, 0.5) is 17.6 Å². The van der Waals surface area contributed by atoms with Gasteiger partial charge in [0.1, 0.15) is 11.6 Å². The van der Waals surface area contributed by atoms with E-state index in [0.717, 1.165) is 18.2 Å². The van der Waals surface area contributed by atoms with E-state index in [-0.39, 0.29) is 17.5 Å². The molecule has 1 N–H and O–H groups in total. The van der Waals surface area contributed by atoms with Gasteiger partial charge in [-0.2, -0.15) is 0 Å². The molecule has 0 aliphatic carbocycles. The maximum Gasteiger partial charge on any atom is 0.162 e. The molecule has 6 heteroatoms. The van der Waals surface area contributed by atoms with Gasteiger partial charge in [-0.25, -0.2) is 17.6 Å². The Hall–Kier alpha value is -1.59. The Bertz CT molecular complexity index is 645. The number of aliphatic hydroxyl groups excluding tert-OH is 1. The highest BCUT2D eigenvalue weighted by Crippen LogP contribution is 2.27. The normalized spacial score (nSPS) is 12.5. The van der Waals surface area contributed by atoms with Gasteiger partial charge in [0.15, 0.2) is 11.6 Å². The van der Waals surface area contributed by atoms with Gasteiger partial charge in [-0.3, -0.25) is 0 Å². The van der Waals surface area contributed by atoms with Crippen molar-refractivity contribution in [1.82, 2.24) is 0 Å². The molecule has 0 spiro atoms. The minimum absolute atomic E-state index is 0.132. The molecule has 106 valence electrons. The lowest BCUT2D eigenvalue weighted by Crippen LogP contribution is -2.07. The van der Waals surface area contributed by atoms with Crippen molar-refractivity contribution in [3.8, 4) is 0 Å². The molecule has 2 rings (SSSR count). The third-order valence-electron chi connectivity index (χ3n) is 2.84. The van der Waals surface area contributed by atoms with Gasteiger partial charge in [0.2, 0.25) is 0 Å². The molecule has 0 amide bonds. The van der Waals surface area contributed by atoms with Crippen molar-refractivity contribution in [3.05, 3.63) is 69.8 Å². The Morgan fingerprint density at radius 2 is 1.70 bits per heavy atom. The van der Waals surface area contributed by atoms with E-state index in [1.165, 1.54) is 12.1 Å². The van der Waals surface area contributed by atoms with Crippen molar-refractivity contribution in [2.24, 2.45) is 0 Å². The number of benzene rings is 2. The Morgan fingerprint density at radius 3 is 2.40 bits per heavy atom. The highest BCUT2D eigenvalue weighted by Gasteiger charge is 2.19. The molecule has 0 saturated heterocycles. The Kier molecular flexibility index (Phi) is 4.30. The number of halogens is 5. The fraction of sp³-hybridized carbons (Fsp3) is 0.143. The van der Waals surface area contributed by atoms with E-state index in [2.05, 4.69) is 0 Å². The number of aliphatic hydroxyl groups is 1. The van der Waals surface area contributed by atoms with Crippen LogP contribution in [0, 0.1) is 23.3 Å². The average molecular weight is 305 g/mol. The Morgan fingerprint density at radius 1 is 1.00 bits per heavy atom. The first-order valence-corrected chi connectivity index (χ1v) is 6.03. The fourth-order valence-electron chi connectivity index (χ4n) is 1.82. The predicted molar refractivity (Wildman–Crippen MR) is 66.4 cm³/mol. The van der Waals surface area contributed by atoms with E-state index in [1.807, 2.05) is 0 Å². The third kappa shape index (κ3) is 2.94. The van der Waals surface area contributed by atoms with E-state index in [0.29, 0.717) is 0 Å². The zero-order chi connectivity index (χ0) is 14.9. The maximum atomic E-state index is 13.6. The minimum Gasteiger partial charge on any atom is -0.388 e. The van der Waals surface area contributed by atoms with Gasteiger partial charge in [0.05, 0.1) is 11.1 Å². The molecule has 0 bridgehead atoms. The van der Waals surface area contributed by atoms with Gasteiger partial charge in [-0.15, -0.1) is 0 Å². The monoisotopic (exact) mass is 304 g/mol. The van der Waals surface area contributed by atoms with Crippen LogP contribution in [0.5, 0.6) is 0 Å². The molecule has 0 heterocycles. The second-order valence-electron chi connectivity index (χ2n) is 4.22. The summed E-state index contributed by atoms with van der Waals surface area (Å²) in [6, 6.07) is 4.90. The molecule has 1 nitrogen and oxygen atoms in total. The number of rotatable bonds is 3. The highest BCUT2D eigenvalue weighted by molar-refractivity contribution is 6.30. The van der Waals surface area contributed by atoms with Crippen LogP contribution in [0.2, 0.25) is 5.02 Å². The van der Waals surface area contributed by atoms with E-state index < -0.39 is 34.4 Å². The first-order valence-electron chi connectivity index (χ1n) is 5.65. The van der Waals surface area contributed by atoms with Crippen LogP contribution in [0.1, 0.15) is 17.2 Å². The molecule has 0 radical (unpaired) electrons. The van der Waals surface area contributed by atoms with E-state index in [1.54, 1.807) is 0 Å². The van der Waals surface area contributed by atoms with Gasteiger partial charge < -0.3 is 5.11 Å². The summed E-state index contributed by atoms with van der Waals surface area (Å²) in [6.45, 7) is 0. The summed E-state index contributed by atoms with van der Waals surface area (Å²) in [4.78, 5) is 0. The highest BCUT2D eigenvalue weighted by atomic mass is 35.5. The topological polar surface area (TPSA) is 20.2 Å². The van der Waals surface area contributed by atoms with E-state index >= 15 is 0 Å². The summed E-state index contributed by atoms with van der Waals surface area (Å²) < 4.78 is 53.3. The lowest BCUT2D eigenvalue weighted by atomic mass is 10.0. The quantitative estimate of drug-likeness (QED) is 0.666. The van der Waals surface area contributed by atoms with Crippen LogP contribution in [0.15, 0.2) is 30.3 Å². The van der Waals surface area contributed by atoms with Crippen molar-refractivity contribution in [1.29, 1.82) is 0 Å². The summed E-state index contributed by atoms with van der Waals surface area (Å²) in [5.41, 5.74) is -0.497. The first-order chi connectivity index (χ1) is 9.40. The van der Waals surface area contributed by atoms with Crippen molar-refractivity contribution in [2.75, 3.05) is 0 Å².